The molecule has 0 spiro atoms. The predicted molar refractivity (Wildman–Crippen MR) is 108 cm³/mol. The number of amides is 1. The fourth-order valence-electron chi connectivity index (χ4n) is 2.85. The van der Waals surface area contributed by atoms with E-state index in [9.17, 15) is 14.7 Å². The molecule has 148 valence electrons. The first-order valence-corrected chi connectivity index (χ1v) is 9.66. The van der Waals surface area contributed by atoms with Gasteiger partial charge in [0.25, 0.3) is 0 Å². The van der Waals surface area contributed by atoms with Gasteiger partial charge in [-0.15, -0.1) is 11.3 Å². The standard InChI is InChI=1S/C21H17NO6S/c23-20(24)19-15(22-21(25)28-12-13-4-2-1-3-5-13)11-18(29-19)14-6-7-16-17(10-14)27-9-8-26-16/h1-7,10-11H,8-9,12H2,(H,22,25)(H,23,24). The summed E-state index contributed by atoms with van der Waals surface area (Å²) in [5.41, 5.74) is 1.79. The van der Waals surface area contributed by atoms with Crippen LogP contribution < -0.4 is 14.8 Å². The Morgan fingerprint density at radius 2 is 1.79 bits per heavy atom. The second kappa shape index (κ2) is 8.24. The fourth-order valence-corrected chi connectivity index (χ4v) is 3.80. The topological polar surface area (TPSA) is 94.1 Å². The molecular formula is C21H17NO6S. The van der Waals surface area contributed by atoms with E-state index < -0.39 is 12.1 Å². The van der Waals surface area contributed by atoms with E-state index >= 15 is 0 Å². The lowest BCUT2D eigenvalue weighted by molar-refractivity contribution is 0.0703. The van der Waals surface area contributed by atoms with Gasteiger partial charge < -0.3 is 19.3 Å². The summed E-state index contributed by atoms with van der Waals surface area (Å²) in [6.07, 6.45) is -0.720. The molecule has 1 amide bonds. The van der Waals surface area contributed by atoms with Crippen molar-refractivity contribution in [1.29, 1.82) is 0 Å². The molecule has 1 aromatic heterocycles. The van der Waals surface area contributed by atoms with Crippen LogP contribution in [0.2, 0.25) is 0 Å². The van der Waals surface area contributed by atoms with Gasteiger partial charge >= 0.3 is 12.1 Å². The maximum absolute atomic E-state index is 12.1. The highest BCUT2D eigenvalue weighted by molar-refractivity contribution is 7.18. The van der Waals surface area contributed by atoms with Crippen molar-refractivity contribution in [1.82, 2.24) is 0 Å². The summed E-state index contributed by atoms with van der Waals surface area (Å²) in [7, 11) is 0. The minimum Gasteiger partial charge on any atom is -0.486 e. The van der Waals surface area contributed by atoms with Crippen molar-refractivity contribution < 1.29 is 28.9 Å². The zero-order chi connectivity index (χ0) is 20.2. The molecule has 0 unspecified atom stereocenters. The first-order valence-electron chi connectivity index (χ1n) is 8.85. The summed E-state index contributed by atoms with van der Waals surface area (Å²) in [5.74, 6) is 0.130. The molecule has 0 radical (unpaired) electrons. The number of rotatable bonds is 5. The SMILES string of the molecule is O=C(Nc1cc(-c2ccc3c(c2)OCCO3)sc1C(=O)O)OCc1ccccc1. The summed E-state index contributed by atoms with van der Waals surface area (Å²) in [5, 5.41) is 12.0. The maximum atomic E-state index is 12.1. The smallest absolute Gasteiger partial charge is 0.412 e. The van der Waals surface area contributed by atoms with Gasteiger partial charge in [0.05, 0.1) is 5.69 Å². The molecule has 8 heteroatoms. The van der Waals surface area contributed by atoms with E-state index in [-0.39, 0.29) is 17.2 Å². The van der Waals surface area contributed by atoms with Crippen LogP contribution in [0.1, 0.15) is 15.2 Å². The van der Waals surface area contributed by atoms with Gasteiger partial charge in [0.15, 0.2) is 11.5 Å². The number of carboxylic acid groups (broad SMARTS) is 1. The van der Waals surface area contributed by atoms with E-state index in [1.54, 1.807) is 18.2 Å². The van der Waals surface area contributed by atoms with Crippen LogP contribution in [0.25, 0.3) is 10.4 Å². The van der Waals surface area contributed by atoms with Crippen molar-refractivity contribution in [3.63, 3.8) is 0 Å². The van der Waals surface area contributed by atoms with Crippen LogP contribution in [-0.2, 0) is 11.3 Å². The Balaban J connectivity index is 1.52. The number of carboxylic acids is 1. The number of hydrogen-bond acceptors (Lipinski definition) is 6. The Hall–Kier alpha value is -3.52. The second-order valence-corrected chi connectivity index (χ2v) is 7.26. The van der Waals surface area contributed by atoms with Gasteiger partial charge in [-0.1, -0.05) is 30.3 Å². The molecule has 0 fully saturated rings. The maximum Gasteiger partial charge on any atom is 0.412 e. The van der Waals surface area contributed by atoms with E-state index in [1.807, 2.05) is 36.4 Å². The lowest BCUT2D eigenvalue weighted by Gasteiger charge is -2.18. The lowest BCUT2D eigenvalue weighted by Crippen LogP contribution is -2.15. The summed E-state index contributed by atoms with van der Waals surface area (Å²) in [6.45, 7) is 1.04. The number of benzene rings is 2. The first kappa shape index (κ1) is 18.8. The zero-order valence-corrected chi connectivity index (χ0v) is 16.0. The number of carbonyl (C=O) groups excluding carboxylic acids is 1. The summed E-state index contributed by atoms with van der Waals surface area (Å²) in [6, 6.07) is 16.2. The molecule has 2 aromatic carbocycles. The van der Waals surface area contributed by atoms with Crippen LogP contribution >= 0.6 is 11.3 Å². The molecule has 2 N–H and O–H groups in total. The third-order valence-electron chi connectivity index (χ3n) is 4.20. The molecule has 1 aliphatic heterocycles. The van der Waals surface area contributed by atoms with Crippen LogP contribution in [0.5, 0.6) is 11.5 Å². The van der Waals surface area contributed by atoms with E-state index in [1.165, 1.54) is 0 Å². The van der Waals surface area contributed by atoms with Gasteiger partial charge in [-0.3, -0.25) is 5.32 Å². The van der Waals surface area contributed by atoms with Gasteiger partial charge in [0, 0.05) is 4.88 Å². The van der Waals surface area contributed by atoms with Gasteiger partial charge in [0.2, 0.25) is 0 Å². The van der Waals surface area contributed by atoms with Crippen molar-refractivity contribution in [2.24, 2.45) is 0 Å². The van der Waals surface area contributed by atoms with E-state index in [0.717, 1.165) is 22.5 Å². The molecule has 4 rings (SSSR count). The molecular weight excluding hydrogens is 394 g/mol. The fraction of sp³-hybridized carbons (Fsp3) is 0.143. The highest BCUT2D eigenvalue weighted by atomic mass is 32.1. The normalized spacial score (nSPS) is 12.3. The molecule has 3 aromatic rings. The number of carbonyl (C=O) groups is 2. The van der Waals surface area contributed by atoms with Crippen LogP contribution in [0, 0.1) is 0 Å². The average Bonchev–Trinajstić information content (AvgIpc) is 3.17. The Kier molecular flexibility index (Phi) is 5.35. The largest absolute Gasteiger partial charge is 0.486 e. The summed E-state index contributed by atoms with van der Waals surface area (Å²) < 4.78 is 16.3. The van der Waals surface area contributed by atoms with Gasteiger partial charge in [0.1, 0.15) is 24.7 Å². The number of aromatic carboxylic acids is 1. The monoisotopic (exact) mass is 411 g/mol. The minimum atomic E-state index is -1.13. The number of hydrogen-bond donors (Lipinski definition) is 2. The number of fused-ring (bicyclic) bond motifs is 1. The molecule has 29 heavy (non-hydrogen) atoms. The highest BCUT2D eigenvalue weighted by Gasteiger charge is 2.20. The molecule has 0 saturated carbocycles. The summed E-state index contributed by atoms with van der Waals surface area (Å²) in [4.78, 5) is 24.5. The van der Waals surface area contributed by atoms with Crippen LogP contribution in [0.4, 0.5) is 10.5 Å². The lowest BCUT2D eigenvalue weighted by atomic mass is 10.1. The quantitative estimate of drug-likeness (QED) is 0.636. The predicted octanol–water partition coefficient (Wildman–Crippen LogP) is 4.63. The number of anilines is 1. The van der Waals surface area contributed by atoms with E-state index in [4.69, 9.17) is 14.2 Å². The van der Waals surface area contributed by atoms with Crippen molar-refractivity contribution in [2.75, 3.05) is 18.5 Å². The third kappa shape index (κ3) is 4.33. The van der Waals surface area contributed by atoms with E-state index in [2.05, 4.69) is 5.32 Å². The minimum absolute atomic E-state index is 0.0200. The van der Waals surface area contributed by atoms with Gasteiger partial charge in [-0.05, 0) is 35.4 Å². The second-order valence-electron chi connectivity index (χ2n) is 6.20. The van der Waals surface area contributed by atoms with Crippen molar-refractivity contribution >= 4 is 29.1 Å². The van der Waals surface area contributed by atoms with Crippen molar-refractivity contribution in [3.8, 4) is 21.9 Å². The third-order valence-corrected chi connectivity index (χ3v) is 5.37. The first-order chi connectivity index (χ1) is 14.1. The van der Waals surface area contributed by atoms with Crippen molar-refractivity contribution in [2.45, 2.75) is 6.61 Å². The molecule has 0 atom stereocenters. The molecule has 7 nitrogen and oxygen atoms in total. The van der Waals surface area contributed by atoms with Gasteiger partial charge in [-0.25, -0.2) is 9.59 Å². The van der Waals surface area contributed by atoms with Crippen LogP contribution in [-0.4, -0.2) is 30.4 Å². The number of ether oxygens (including phenoxy) is 3. The zero-order valence-electron chi connectivity index (χ0n) is 15.2. The molecule has 0 bridgehead atoms. The molecule has 2 heterocycles. The Morgan fingerprint density at radius 1 is 1.03 bits per heavy atom. The van der Waals surface area contributed by atoms with Crippen LogP contribution in [0.15, 0.2) is 54.6 Å². The average molecular weight is 411 g/mol. The molecule has 0 aliphatic carbocycles. The number of nitrogens with one attached hydrogen (secondary N) is 1. The van der Waals surface area contributed by atoms with Crippen molar-refractivity contribution in [3.05, 3.63) is 65.0 Å². The Morgan fingerprint density at radius 3 is 2.55 bits per heavy atom. The number of thiophene rings is 1. The van der Waals surface area contributed by atoms with Gasteiger partial charge in [-0.2, -0.15) is 0 Å². The van der Waals surface area contributed by atoms with E-state index in [0.29, 0.717) is 29.6 Å². The molecule has 0 saturated heterocycles. The Bertz CT molecular complexity index is 1050. The van der Waals surface area contributed by atoms with Crippen LogP contribution in [0.3, 0.4) is 0 Å². The summed E-state index contributed by atoms with van der Waals surface area (Å²) >= 11 is 1.06. The molecule has 1 aliphatic rings. The highest BCUT2D eigenvalue weighted by Crippen LogP contribution is 2.39. The Labute approximate surface area is 170 Å².